The fraction of sp³-hybridized carbons (Fsp3) is 0.533. The molecule has 0 aliphatic carbocycles. The first-order valence-corrected chi connectivity index (χ1v) is 7.12. The van der Waals surface area contributed by atoms with Gasteiger partial charge in [-0.3, -0.25) is 9.69 Å². The van der Waals surface area contributed by atoms with E-state index in [1.807, 2.05) is 12.1 Å². The van der Waals surface area contributed by atoms with Gasteiger partial charge in [0.1, 0.15) is 0 Å². The van der Waals surface area contributed by atoms with E-state index in [1.165, 1.54) is 18.4 Å². The van der Waals surface area contributed by atoms with Crippen molar-refractivity contribution in [2.75, 3.05) is 26.4 Å². The molecule has 2 heterocycles. The van der Waals surface area contributed by atoms with Crippen molar-refractivity contribution in [3.63, 3.8) is 0 Å². The molecule has 1 amide bonds. The summed E-state index contributed by atoms with van der Waals surface area (Å²) in [6, 6.07) is 6.26. The summed E-state index contributed by atoms with van der Waals surface area (Å²) in [4.78, 5) is 13.6. The molecule has 0 aromatic heterocycles. The molecule has 20 heavy (non-hydrogen) atoms. The van der Waals surface area contributed by atoms with E-state index in [1.54, 1.807) is 6.92 Å². The van der Waals surface area contributed by atoms with Crippen LogP contribution in [-0.4, -0.2) is 37.2 Å². The van der Waals surface area contributed by atoms with Gasteiger partial charge in [-0.25, -0.2) is 0 Å². The standard InChI is InChI=1S/C15H20N2O3/c1-11(18)16-9-13(17-6-2-3-7-17)12-4-5-14-15(8-12)20-10-19-14/h4-5,8,13H,2-3,6-7,9-10H2,1H3,(H,16,18). The maximum Gasteiger partial charge on any atom is 0.231 e. The van der Waals surface area contributed by atoms with Crippen molar-refractivity contribution in [2.45, 2.75) is 25.8 Å². The molecule has 108 valence electrons. The Morgan fingerprint density at radius 3 is 2.80 bits per heavy atom. The zero-order chi connectivity index (χ0) is 13.9. The van der Waals surface area contributed by atoms with Gasteiger partial charge < -0.3 is 14.8 Å². The predicted octanol–water partition coefficient (Wildman–Crippen LogP) is 1.69. The van der Waals surface area contributed by atoms with E-state index in [2.05, 4.69) is 16.3 Å². The molecule has 1 aromatic rings. The number of benzene rings is 1. The summed E-state index contributed by atoms with van der Waals surface area (Å²) in [6.07, 6.45) is 2.45. The van der Waals surface area contributed by atoms with Crippen LogP contribution < -0.4 is 14.8 Å². The summed E-state index contributed by atoms with van der Waals surface area (Å²) in [5, 5.41) is 2.94. The molecule has 5 heteroatoms. The summed E-state index contributed by atoms with van der Waals surface area (Å²) >= 11 is 0. The van der Waals surface area contributed by atoms with E-state index in [-0.39, 0.29) is 11.9 Å². The highest BCUT2D eigenvalue weighted by atomic mass is 16.7. The Bertz CT molecular complexity index is 498. The fourth-order valence-corrected chi connectivity index (χ4v) is 2.87. The number of carbonyl (C=O) groups is 1. The maximum atomic E-state index is 11.2. The fourth-order valence-electron chi connectivity index (χ4n) is 2.87. The molecule has 2 aliphatic rings. The molecule has 0 bridgehead atoms. The van der Waals surface area contributed by atoms with Crippen LogP contribution in [-0.2, 0) is 4.79 Å². The van der Waals surface area contributed by atoms with E-state index in [0.717, 1.165) is 24.6 Å². The Labute approximate surface area is 118 Å². The third-order valence-corrected chi connectivity index (χ3v) is 3.91. The number of hydrogen-bond acceptors (Lipinski definition) is 4. The second-order valence-corrected chi connectivity index (χ2v) is 5.31. The zero-order valence-electron chi connectivity index (χ0n) is 11.7. The quantitative estimate of drug-likeness (QED) is 0.909. The summed E-state index contributed by atoms with van der Waals surface area (Å²) in [6.45, 7) is 4.64. The number of ether oxygens (including phenoxy) is 2. The smallest absolute Gasteiger partial charge is 0.231 e. The molecule has 3 rings (SSSR count). The molecule has 2 aliphatic heterocycles. The molecular formula is C15H20N2O3. The monoisotopic (exact) mass is 276 g/mol. The van der Waals surface area contributed by atoms with Crippen molar-refractivity contribution in [1.29, 1.82) is 0 Å². The summed E-state index contributed by atoms with van der Waals surface area (Å²) in [5.74, 6) is 1.61. The van der Waals surface area contributed by atoms with Crippen molar-refractivity contribution in [2.24, 2.45) is 0 Å². The normalized spacial score (nSPS) is 19.1. The molecule has 1 N–H and O–H groups in total. The van der Waals surface area contributed by atoms with Gasteiger partial charge in [0.25, 0.3) is 0 Å². The Morgan fingerprint density at radius 1 is 1.30 bits per heavy atom. The minimum Gasteiger partial charge on any atom is -0.454 e. The van der Waals surface area contributed by atoms with Crippen LogP contribution in [0.4, 0.5) is 0 Å². The molecule has 0 saturated carbocycles. The van der Waals surface area contributed by atoms with Crippen LogP contribution in [0.5, 0.6) is 11.5 Å². The van der Waals surface area contributed by atoms with Crippen molar-refractivity contribution in [3.8, 4) is 11.5 Å². The van der Waals surface area contributed by atoms with Gasteiger partial charge in [-0.15, -0.1) is 0 Å². The van der Waals surface area contributed by atoms with Gasteiger partial charge in [-0.05, 0) is 43.6 Å². The molecule has 1 atom stereocenters. The Hall–Kier alpha value is -1.75. The van der Waals surface area contributed by atoms with E-state index in [4.69, 9.17) is 9.47 Å². The predicted molar refractivity (Wildman–Crippen MR) is 74.8 cm³/mol. The number of carbonyl (C=O) groups excluding carboxylic acids is 1. The number of nitrogens with one attached hydrogen (secondary N) is 1. The lowest BCUT2D eigenvalue weighted by Gasteiger charge is -2.28. The largest absolute Gasteiger partial charge is 0.454 e. The van der Waals surface area contributed by atoms with Crippen molar-refractivity contribution >= 4 is 5.91 Å². The van der Waals surface area contributed by atoms with Crippen molar-refractivity contribution < 1.29 is 14.3 Å². The topological polar surface area (TPSA) is 50.8 Å². The lowest BCUT2D eigenvalue weighted by atomic mass is 10.0. The first-order chi connectivity index (χ1) is 9.74. The van der Waals surface area contributed by atoms with E-state index in [0.29, 0.717) is 13.3 Å². The first-order valence-electron chi connectivity index (χ1n) is 7.12. The van der Waals surface area contributed by atoms with E-state index < -0.39 is 0 Å². The number of amides is 1. The van der Waals surface area contributed by atoms with E-state index >= 15 is 0 Å². The van der Waals surface area contributed by atoms with Gasteiger partial charge in [0.15, 0.2) is 11.5 Å². The van der Waals surface area contributed by atoms with Crippen LogP contribution in [0.2, 0.25) is 0 Å². The second kappa shape index (κ2) is 5.71. The number of hydrogen-bond donors (Lipinski definition) is 1. The SMILES string of the molecule is CC(=O)NCC(c1ccc2c(c1)OCO2)N1CCCC1. The summed E-state index contributed by atoms with van der Waals surface area (Å²) in [5.41, 5.74) is 1.17. The second-order valence-electron chi connectivity index (χ2n) is 5.31. The van der Waals surface area contributed by atoms with Gasteiger partial charge in [0, 0.05) is 13.5 Å². The minimum atomic E-state index is 0.00920. The van der Waals surface area contributed by atoms with Gasteiger partial charge in [0.2, 0.25) is 12.7 Å². The zero-order valence-corrected chi connectivity index (χ0v) is 11.7. The van der Waals surface area contributed by atoms with Crippen LogP contribution in [0.25, 0.3) is 0 Å². The molecule has 1 unspecified atom stereocenters. The summed E-state index contributed by atoms with van der Waals surface area (Å²) in [7, 11) is 0. The lowest BCUT2D eigenvalue weighted by Crippen LogP contribution is -2.35. The first kappa shape index (κ1) is 13.2. The van der Waals surface area contributed by atoms with Crippen molar-refractivity contribution in [1.82, 2.24) is 10.2 Å². The number of rotatable bonds is 4. The third-order valence-electron chi connectivity index (χ3n) is 3.91. The summed E-state index contributed by atoms with van der Waals surface area (Å²) < 4.78 is 10.8. The van der Waals surface area contributed by atoms with Crippen LogP contribution in [0.1, 0.15) is 31.4 Å². The van der Waals surface area contributed by atoms with Crippen LogP contribution in [0, 0.1) is 0 Å². The minimum absolute atomic E-state index is 0.00920. The van der Waals surface area contributed by atoms with Gasteiger partial charge in [0.05, 0.1) is 6.04 Å². The lowest BCUT2D eigenvalue weighted by molar-refractivity contribution is -0.119. The van der Waals surface area contributed by atoms with Crippen LogP contribution >= 0.6 is 0 Å². The van der Waals surface area contributed by atoms with Crippen molar-refractivity contribution in [3.05, 3.63) is 23.8 Å². The third kappa shape index (κ3) is 2.72. The highest BCUT2D eigenvalue weighted by molar-refractivity contribution is 5.72. The molecule has 0 spiro atoms. The Kier molecular flexibility index (Phi) is 3.78. The highest BCUT2D eigenvalue weighted by Crippen LogP contribution is 2.36. The molecule has 0 radical (unpaired) electrons. The molecular weight excluding hydrogens is 256 g/mol. The Balaban J connectivity index is 1.81. The average Bonchev–Trinajstić information content (AvgIpc) is 3.08. The molecule has 1 fully saturated rings. The number of nitrogens with zero attached hydrogens (tertiary/aromatic N) is 1. The van der Waals surface area contributed by atoms with Gasteiger partial charge >= 0.3 is 0 Å². The Morgan fingerprint density at radius 2 is 2.05 bits per heavy atom. The molecule has 5 nitrogen and oxygen atoms in total. The van der Waals surface area contributed by atoms with Gasteiger partial charge in [-0.1, -0.05) is 6.07 Å². The number of likely N-dealkylation sites (tertiary alicyclic amines) is 1. The molecule has 1 aromatic carbocycles. The van der Waals surface area contributed by atoms with E-state index in [9.17, 15) is 4.79 Å². The highest BCUT2D eigenvalue weighted by Gasteiger charge is 2.25. The van der Waals surface area contributed by atoms with Crippen LogP contribution in [0.3, 0.4) is 0 Å². The molecule has 1 saturated heterocycles. The average molecular weight is 276 g/mol. The number of fused-ring (bicyclic) bond motifs is 1. The van der Waals surface area contributed by atoms with Crippen LogP contribution in [0.15, 0.2) is 18.2 Å². The van der Waals surface area contributed by atoms with Gasteiger partial charge in [-0.2, -0.15) is 0 Å². The maximum absolute atomic E-state index is 11.2.